The van der Waals surface area contributed by atoms with E-state index in [0.29, 0.717) is 0 Å². The van der Waals surface area contributed by atoms with E-state index in [4.69, 9.17) is 4.74 Å². The van der Waals surface area contributed by atoms with Crippen molar-refractivity contribution < 1.29 is 9.53 Å². The molecule has 0 unspecified atom stereocenters. The number of piperidine rings is 1. The monoisotopic (exact) mass is 461 g/mol. The molecule has 1 aromatic rings. The molecule has 5 heteroatoms. The van der Waals surface area contributed by atoms with Gasteiger partial charge in [-0.25, -0.2) is 4.79 Å². The van der Waals surface area contributed by atoms with Gasteiger partial charge < -0.3 is 4.74 Å². The smallest absolute Gasteiger partial charge is 0.332 e. The van der Waals surface area contributed by atoms with Crippen LogP contribution in [0.15, 0.2) is 57.0 Å². The number of esters is 1. The van der Waals surface area contributed by atoms with E-state index in [1.807, 2.05) is 6.07 Å². The van der Waals surface area contributed by atoms with Gasteiger partial charge in [0.1, 0.15) is 0 Å². The van der Waals surface area contributed by atoms with E-state index < -0.39 is 5.60 Å². The Morgan fingerprint density at radius 3 is 2.72 bits per heavy atom. The van der Waals surface area contributed by atoms with Crippen LogP contribution in [0.25, 0.3) is 5.57 Å². The molecule has 5 rings (SSSR count). The lowest BCUT2D eigenvalue weighted by Crippen LogP contribution is -2.49. The third-order valence-electron chi connectivity index (χ3n) is 5.92. The third-order valence-corrected chi connectivity index (χ3v) is 6.83. The van der Waals surface area contributed by atoms with E-state index in [1.54, 1.807) is 6.08 Å². The number of halogens is 2. The normalized spacial score (nSPS) is 33.5. The van der Waals surface area contributed by atoms with Gasteiger partial charge >= 0.3 is 5.97 Å². The summed E-state index contributed by atoms with van der Waals surface area (Å²) in [4.78, 5) is 14.8. The molecular formula is C20H17Br2NO2. The van der Waals surface area contributed by atoms with Crippen molar-refractivity contribution in [2.24, 2.45) is 0 Å². The fourth-order valence-electron chi connectivity index (χ4n) is 4.99. The van der Waals surface area contributed by atoms with E-state index in [1.165, 1.54) is 12.8 Å². The Bertz CT molecular complexity index is 867. The highest BCUT2D eigenvalue weighted by Gasteiger charge is 2.64. The van der Waals surface area contributed by atoms with E-state index in [-0.39, 0.29) is 18.1 Å². The van der Waals surface area contributed by atoms with Crippen LogP contribution in [-0.4, -0.2) is 35.1 Å². The second-order valence-electron chi connectivity index (χ2n) is 7.17. The topological polar surface area (TPSA) is 29.5 Å². The van der Waals surface area contributed by atoms with Crippen molar-refractivity contribution in [2.45, 2.75) is 36.9 Å². The first-order valence-electron chi connectivity index (χ1n) is 8.59. The molecule has 2 saturated heterocycles. The molecule has 2 fully saturated rings. The van der Waals surface area contributed by atoms with E-state index in [0.717, 1.165) is 44.2 Å². The molecule has 3 aliphatic heterocycles. The van der Waals surface area contributed by atoms with Crippen LogP contribution < -0.4 is 0 Å². The van der Waals surface area contributed by atoms with Gasteiger partial charge in [-0.05, 0) is 54.3 Å². The number of nitrogens with zero attached hydrogens (tertiary/aromatic N) is 1. The molecule has 1 spiro atoms. The zero-order chi connectivity index (χ0) is 17.3. The standard InChI is InChI=1S/C20H17Br2NO2/c1-11-17-9-15(12-6-13(21)8-14(22)7-12)16-10-19(24)25-20(11,16)18-4-2-3-5-23(17)18/h6-10,17-18H,1-5H2/t17-,18-,20+/m1/s1. The molecule has 4 aliphatic rings. The minimum absolute atomic E-state index is 0.140. The first-order chi connectivity index (χ1) is 12.0. The van der Waals surface area contributed by atoms with Gasteiger partial charge in [-0.3, -0.25) is 4.90 Å². The largest absolute Gasteiger partial charge is 0.445 e. The van der Waals surface area contributed by atoms with Crippen LogP contribution in [0, 0.1) is 0 Å². The fraction of sp³-hybridized carbons (Fsp3) is 0.350. The molecule has 1 aliphatic carbocycles. The van der Waals surface area contributed by atoms with Gasteiger partial charge in [0, 0.05) is 20.6 Å². The van der Waals surface area contributed by atoms with Crippen LogP contribution >= 0.6 is 31.9 Å². The molecular weight excluding hydrogens is 446 g/mol. The molecule has 128 valence electrons. The molecule has 25 heavy (non-hydrogen) atoms. The van der Waals surface area contributed by atoms with Crippen molar-refractivity contribution in [3.63, 3.8) is 0 Å². The maximum absolute atomic E-state index is 12.3. The fourth-order valence-corrected chi connectivity index (χ4v) is 6.29. The summed E-state index contributed by atoms with van der Waals surface area (Å²) in [5.41, 5.74) is 3.53. The molecule has 1 aromatic carbocycles. The quantitative estimate of drug-likeness (QED) is 0.450. The molecule has 3 heterocycles. The number of hydrogen-bond donors (Lipinski definition) is 0. The van der Waals surface area contributed by atoms with Crippen LogP contribution in [0.4, 0.5) is 0 Å². The minimum atomic E-state index is -0.666. The maximum atomic E-state index is 12.3. The summed E-state index contributed by atoms with van der Waals surface area (Å²) in [5, 5.41) is 0. The van der Waals surface area contributed by atoms with Crippen molar-refractivity contribution >= 4 is 43.4 Å². The van der Waals surface area contributed by atoms with Gasteiger partial charge in [0.2, 0.25) is 0 Å². The highest BCUT2D eigenvalue weighted by molar-refractivity contribution is 9.11. The van der Waals surface area contributed by atoms with Crippen molar-refractivity contribution in [1.29, 1.82) is 0 Å². The van der Waals surface area contributed by atoms with Crippen LogP contribution in [0.2, 0.25) is 0 Å². The number of carbonyl (C=O) groups excluding carboxylic acids is 1. The van der Waals surface area contributed by atoms with E-state index >= 15 is 0 Å². The van der Waals surface area contributed by atoms with Gasteiger partial charge in [-0.2, -0.15) is 0 Å². The molecule has 2 bridgehead atoms. The van der Waals surface area contributed by atoms with Crippen LogP contribution in [0.3, 0.4) is 0 Å². The lowest BCUT2D eigenvalue weighted by Gasteiger charge is -2.38. The molecule has 3 nitrogen and oxygen atoms in total. The Morgan fingerprint density at radius 1 is 1.20 bits per heavy atom. The number of hydrogen-bond acceptors (Lipinski definition) is 3. The predicted molar refractivity (Wildman–Crippen MR) is 104 cm³/mol. The molecule has 0 radical (unpaired) electrons. The summed E-state index contributed by atoms with van der Waals surface area (Å²) in [5.74, 6) is -0.246. The zero-order valence-electron chi connectivity index (χ0n) is 13.6. The SMILES string of the molecule is C=C1[C@H]2C=C(c3cc(Br)cc(Br)c3)C3=CC(=O)O[C@@]13[C@H]1CCCCN21. The Labute approximate surface area is 163 Å². The van der Waals surface area contributed by atoms with Crippen LogP contribution in [0.1, 0.15) is 24.8 Å². The Hall–Kier alpha value is -1.17. The Balaban J connectivity index is 1.74. The summed E-state index contributed by atoms with van der Waals surface area (Å²) < 4.78 is 8.01. The minimum Gasteiger partial charge on any atom is -0.445 e. The summed E-state index contributed by atoms with van der Waals surface area (Å²) in [6.07, 6.45) is 7.36. The van der Waals surface area contributed by atoms with Gasteiger partial charge in [-0.15, -0.1) is 0 Å². The first kappa shape index (κ1) is 16.0. The van der Waals surface area contributed by atoms with Gasteiger partial charge in [0.25, 0.3) is 0 Å². The van der Waals surface area contributed by atoms with Crippen LogP contribution in [0.5, 0.6) is 0 Å². The number of carbonyl (C=O) groups is 1. The highest BCUT2D eigenvalue weighted by Crippen LogP contribution is 2.57. The highest BCUT2D eigenvalue weighted by atomic mass is 79.9. The molecule has 3 atom stereocenters. The maximum Gasteiger partial charge on any atom is 0.332 e. The predicted octanol–water partition coefficient (Wildman–Crippen LogP) is 4.62. The summed E-state index contributed by atoms with van der Waals surface area (Å²) in [6, 6.07) is 6.56. The number of benzene rings is 1. The second-order valence-corrected chi connectivity index (χ2v) is 9.00. The molecule has 0 amide bonds. The van der Waals surface area contributed by atoms with E-state index in [9.17, 15) is 4.79 Å². The summed E-state index contributed by atoms with van der Waals surface area (Å²) in [6.45, 7) is 5.41. The van der Waals surface area contributed by atoms with Crippen molar-refractivity contribution in [3.05, 3.63) is 62.6 Å². The molecule has 0 aromatic heterocycles. The average Bonchev–Trinajstić information content (AvgIpc) is 2.99. The lowest BCUT2D eigenvalue weighted by atomic mass is 9.72. The number of ether oxygens (including phenoxy) is 1. The van der Waals surface area contributed by atoms with Crippen molar-refractivity contribution in [1.82, 2.24) is 4.90 Å². The third kappa shape index (κ3) is 2.09. The van der Waals surface area contributed by atoms with Gasteiger partial charge in [0.15, 0.2) is 5.60 Å². The van der Waals surface area contributed by atoms with Crippen molar-refractivity contribution in [3.8, 4) is 0 Å². The van der Waals surface area contributed by atoms with Gasteiger partial charge in [0.05, 0.1) is 12.1 Å². The number of fused-ring (bicyclic) bond motifs is 3. The van der Waals surface area contributed by atoms with E-state index in [2.05, 4.69) is 61.5 Å². The van der Waals surface area contributed by atoms with Gasteiger partial charge in [-0.1, -0.05) is 50.9 Å². The Kier molecular flexibility index (Phi) is 3.47. The number of rotatable bonds is 1. The summed E-state index contributed by atoms with van der Waals surface area (Å²) >= 11 is 7.16. The second kappa shape index (κ2) is 5.41. The average molecular weight is 463 g/mol. The molecule has 0 N–H and O–H groups in total. The van der Waals surface area contributed by atoms with Crippen LogP contribution in [-0.2, 0) is 9.53 Å². The zero-order valence-corrected chi connectivity index (χ0v) is 16.8. The van der Waals surface area contributed by atoms with Crippen molar-refractivity contribution in [2.75, 3.05) is 6.54 Å². The first-order valence-corrected chi connectivity index (χ1v) is 10.2. The summed E-state index contributed by atoms with van der Waals surface area (Å²) in [7, 11) is 0. The Morgan fingerprint density at radius 2 is 1.96 bits per heavy atom. The lowest BCUT2D eigenvalue weighted by molar-refractivity contribution is -0.145. The molecule has 0 saturated carbocycles.